The number of likely N-dealkylation sites (N-methyl/N-ethyl adjacent to an activating group) is 3. The summed E-state index contributed by atoms with van der Waals surface area (Å²) in [5, 5.41) is 27.1. The first-order chi connectivity index (χ1) is 59.8. The van der Waals surface area contributed by atoms with Crippen molar-refractivity contribution in [1.29, 1.82) is 0 Å². The minimum atomic E-state index is -3.88. The lowest BCUT2D eigenvalue weighted by atomic mass is 9.85. The Hall–Kier alpha value is -6.49. The molecule has 4 aromatic rings. The number of nitrogens with one attached hydrogen (secondary N) is 12. The van der Waals surface area contributed by atoms with Crippen molar-refractivity contribution in [1.82, 2.24) is 81.6 Å². The molecular weight excluding hydrogens is 1750 g/mol. The molecule has 0 radical (unpaired) electrons. The average molecular weight is 1880 g/mol. The highest BCUT2D eigenvalue weighted by atomic mass is 35.5. The number of unbranched alkanes of at least 4 members (excludes halogenated alkanes) is 7. The monoisotopic (exact) mass is 1880 g/mol. The van der Waals surface area contributed by atoms with Gasteiger partial charge in [-0.3, -0.25) is 13.8 Å². The predicted molar refractivity (Wildman–Crippen MR) is 475 cm³/mol. The summed E-state index contributed by atoms with van der Waals surface area (Å²) < 4.78 is 126. The lowest BCUT2D eigenvalue weighted by Crippen LogP contribution is -2.46. The third kappa shape index (κ3) is 43.5. The third-order valence-electron chi connectivity index (χ3n) is 19.7. The number of carbonyl (C=O) groups excluding carboxylic acids is 6. The maximum Gasteiger partial charge on any atom is 0.314 e. The number of amides is 10. The van der Waals surface area contributed by atoms with Crippen molar-refractivity contribution in [2.45, 2.75) is 98.9 Å². The van der Waals surface area contributed by atoms with Crippen molar-refractivity contribution >= 4 is 114 Å². The molecule has 0 spiro atoms. The summed E-state index contributed by atoms with van der Waals surface area (Å²) >= 11 is 23.6. The highest BCUT2D eigenvalue weighted by molar-refractivity contribution is 7.89. The van der Waals surface area contributed by atoms with Crippen molar-refractivity contribution in [3.05, 3.63) is 126 Å². The number of fused-ring (bicyclic) bond motifs is 2. The highest BCUT2D eigenvalue weighted by Gasteiger charge is 2.31. The molecule has 6 rings (SSSR count). The topological polar surface area (TPSA) is 442 Å². The van der Waals surface area contributed by atoms with Crippen molar-refractivity contribution in [2.24, 2.45) is 0 Å². The summed E-state index contributed by atoms with van der Waals surface area (Å²) in [6, 6.07) is 19.0. The van der Waals surface area contributed by atoms with E-state index < -0.39 is 55.4 Å². The second-order valence-electron chi connectivity index (χ2n) is 29.3. The van der Waals surface area contributed by atoms with Gasteiger partial charge >= 0.3 is 24.1 Å². The molecule has 2 aliphatic rings. The maximum atomic E-state index is 13.8. The largest absolute Gasteiger partial charge is 0.760 e. The molecule has 0 aliphatic carbocycles. The van der Waals surface area contributed by atoms with Gasteiger partial charge in [-0.15, -0.1) is 0 Å². The number of carbonyl (C=O) groups is 6. The van der Waals surface area contributed by atoms with Crippen LogP contribution in [0, 0.1) is 0 Å². The van der Waals surface area contributed by atoms with E-state index in [1.165, 1.54) is 0 Å². The molecule has 0 bridgehead atoms. The Morgan fingerprint density at radius 2 is 0.710 bits per heavy atom. The van der Waals surface area contributed by atoms with E-state index >= 15 is 0 Å². The summed E-state index contributed by atoms with van der Waals surface area (Å²) in [5.41, 5.74) is 5.49. The van der Waals surface area contributed by atoms with Gasteiger partial charge in [0.15, 0.2) is 0 Å². The Balaban J connectivity index is 0.868. The molecule has 124 heavy (non-hydrogen) atoms. The van der Waals surface area contributed by atoms with Crippen molar-refractivity contribution < 1.29 is 92.3 Å². The van der Waals surface area contributed by atoms with E-state index in [1.807, 2.05) is 45.4 Å². The average Bonchev–Trinajstić information content (AvgIpc) is 0.776. The van der Waals surface area contributed by atoms with Gasteiger partial charge in [0.2, 0.25) is 31.9 Å². The summed E-state index contributed by atoms with van der Waals surface area (Å²) in [5.74, 6) is -0.549. The number of urea groups is 4. The van der Waals surface area contributed by atoms with Gasteiger partial charge < -0.3 is 110 Å². The Morgan fingerprint density at radius 3 is 1.03 bits per heavy atom. The second-order valence-corrected chi connectivity index (χ2v) is 35.3. The minimum Gasteiger partial charge on any atom is -0.760 e. The zero-order valence-corrected chi connectivity index (χ0v) is 76.8. The first-order valence-corrected chi connectivity index (χ1v) is 47.6. The fraction of sp³-hybridized carbons (Fsp3) is 0.630. The van der Waals surface area contributed by atoms with Crippen LogP contribution in [-0.2, 0) is 91.9 Å². The van der Waals surface area contributed by atoms with Gasteiger partial charge in [0.05, 0.1) is 116 Å². The molecular formula is C81H127Cl4N16O20S3-. The number of rotatable bonds is 66. The van der Waals surface area contributed by atoms with E-state index in [2.05, 4.69) is 71.8 Å². The molecule has 10 amide bonds. The van der Waals surface area contributed by atoms with Crippen LogP contribution in [0.15, 0.2) is 82.6 Å². The molecule has 12 N–H and O–H groups in total. The van der Waals surface area contributed by atoms with E-state index in [-0.39, 0.29) is 224 Å². The molecule has 3 atom stereocenters. The van der Waals surface area contributed by atoms with Gasteiger partial charge in [-0.1, -0.05) is 109 Å². The van der Waals surface area contributed by atoms with Crippen LogP contribution >= 0.6 is 46.4 Å². The predicted octanol–water partition coefficient (Wildman–Crippen LogP) is 5.20. The van der Waals surface area contributed by atoms with Crippen LogP contribution in [0.4, 0.5) is 19.2 Å². The third-order valence-corrected chi connectivity index (χ3v) is 24.2. The van der Waals surface area contributed by atoms with E-state index in [1.54, 1.807) is 58.3 Å². The van der Waals surface area contributed by atoms with E-state index in [4.69, 9.17) is 84.3 Å². The van der Waals surface area contributed by atoms with Gasteiger partial charge in [0.1, 0.15) is 0 Å². The van der Waals surface area contributed by atoms with Crippen molar-refractivity contribution in [3.63, 3.8) is 0 Å². The van der Waals surface area contributed by atoms with Crippen LogP contribution in [0.5, 0.6) is 0 Å². The van der Waals surface area contributed by atoms with Gasteiger partial charge in [-0.05, 0) is 116 Å². The van der Waals surface area contributed by atoms with Crippen LogP contribution < -0.4 is 62.0 Å². The summed E-state index contributed by atoms with van der Waals surface area (Å²) in [7, 11) is -1.94. The van der Waals surface area contributed by atoms with E-state index in [9.17, 15) is 54.4 Å². The van der Waals surface area contributed by atoms with Gasteiger partial charge in [0, 0.05) is 187 Å². The maximum absolute atomic E-state index is 13.8. The molecule has 0 saturated heterocycles. The summed E-state index contributed by atoms with van der Waals surface area (Å²) in [6.45, 7) is 9.39. The van der Waals surface area contributed by atoms with E-state index in [0.29, 0.717) is 85.5 Å². The van der Waals surface area contributed by atoms with Crippen molar-refractivity contribution in [3.8, 4) is 0 Å². The minimum absolute atomic E-state index is 0.0214. The summed E-state index contributed by atoms with van der Waals surface area (Å²) in [4.78, 5) is 85.9. The van der Waals surface area contributed by atoms with Crippen LogP contribution in [0.1, 0.15) is 109 Å². The van der Waals surface area contributed by atoms with Gasteiger partial charge in [-0.25, -0.2) is 50.2 Å². The number of nitrogens with zero attached hydrogens (tertiary/aromatic N) is 4. The van der Waals surface area contributed by atoms with Gasteiger partial charge in [0.25, 0.3) is 0 Å². The fourth-order valence-corrected chi connectivity index (χ4v) is 17.0. The first kappa shape index (κ1) is 106. The molecule has 698 valence electrons. The number of ether oxygens (including phenoxy) is 8. The number of hydrogen-bond acceptors (Lipinski definition) is 23. The number of benzene rings is 4. The zero-order valence-electron chi connectivity index (χ0n) is 71.3. The number of halogens is 4. The zero-order chi connectivity index (χ0) is 89.6. The van der Waals surface area contributed by atoms with Crippen LogP contribution in [0.3, 0.4) is 0 Å². The molecule has 0 aromatic heterocycles. The van der Waals surface area contributed by atoms with Gasteiger partial charge in [-0.2, -0.15) is 0 Å². The lowest BCUT2D eigenvalue weighted by Gasteiger charge is -2.33. The molecule has 0 fully saturated rings. The Kier molecular flexibility index (Phi) is 53.0. The number of sulfonamides is 2. The fourth-order valence-electron chi connectivity index (χ4n) is 13.4. The standard InChI is InChI=1S/C81H128Cl4N16O20S3/c1-86-24-36-114-44-45-115-37-25-91-78(104)87-20-32-100(33-21-88-79(105)92-26-38-116-46-49-119-41-29-95-122(108)109)76(102)18-10-8-6-4-5-7-9-11-19-77(103)101(34-22-89-80(106)93-27-39-117-47-50-120-42-30-96-123(110,111)66-16-12-14-62(52-66)70-58-98(2)60-72-68(70)54-64(82)56-74(72)84)35-23-90-81(107)94-28-40-118-48-51-121-43-31-97-124(112,113)67-17-13-15-63(53-67)71-59-99(3)61-73-69(71)55-65(83)57-75(73)85/h12-17,52-57,70-71,86,95-97H,4-11,18-51,58-61H2,1-3H3,(H,108,109)(H2,87,91,104)(H2,88,92,105)(H2,89,93,106)(H2,90,94,107)/p-1/t70-,71-/m0/s1. The van der Waals surface area contributed by atoms with Crippen LogP contribution in [0.2, 0.25) is 20.1 Å². The first-order valence-electron chi connectivity index (χ1n) is 42.1. The normalized spacial score (nSPS) is 14.4. The number of hydrogen-bond donors (Lipinski definition) is 12. The van der Waals surface area contributed by atoms with E-state index in [0.717, 1.165) is 78.5 Å². The lowest BCUT2D eigenvalue weighted by molar-refractivity contribution is -0.132. The Morgan fingerprint density at radius 1 is 0.411 bits per heavy atom. The van der Waals surface area contributed by atoms with Crippen LogP contribution in [0.25, 0.3) is 0 Å². The quantitative estimate of drug-likeness (QED) is 0.0199. The Labute approximate surface area is 752 Å². The molecule has 4 aromatic carbocycles. The summed E-state index contributed by atoms with van der Waals surface area (Å²) in [6.07, 6.45) is 6.96. The molecule has 1 unspecified atom stereocenters. The van der Waals surface area contributed by atoms with Crippen LogP contribution in [-0.4, -0.2) is 326 Å². The molecule has 36 nitrogen and oxygen atoms in total. The molecule has 2 aliphatic heterocycles. The second kappa shape index (κ2) is 61.9. The smallest absolute Gasteiger partial charge is 0.314 e. The SMILES string of the molecule is CNCCOCCOCCNC(=O)NCCN(CCNC(=O)NCCOCCOCCNS(=O)[O-])C(=O)CCCCCCCCCCC(=O)N(CCNC(=O)NCCOCCOCCNS(=O)(=O)c1cccc([C@@H]2CN(C)Cc3c(Cl)cc(Cl)cc32)c1)CCNC(=O)NCCOCCOCCNS(=O)(=O)c1cccc([C@@H]2CN(C)Cc3c(Cl)cc(Cl)cc32)c1. The molecule has 0 saturated carbocycles. The molecule has 43 heteroatoms. The Bertz CT molecular complexity index is 3930. The molecule has 2 heterocycles. The van der Waals surface area contributed by atoms with Crippen molar-refractivity contribution in [2.75, 3.05) is 245 Å². The highest BCUT2D eigenvalue weighted by Crippen LogP contribution is 2.41.